The quantitative estimate of drug-likeness (QED) is 0.745. The molecule has 0 fully saturated rings. The molecule has 0 saturated heterocycles. The second-order valence-electron chi connectivity index (χ2n) is 5.03. The van der Waals surface area contributed by atoms with Crippen LogP contribution in [0.5, 0.6) is 0 Å². The van der Waals surface area contributed by atoms with Gasteiger partial charge in [0.2, 0.25) is 0 Å². The maximum absolute atomic E-state index is 4.31. The molecule has 0 aliphatic carbocycles. The molecule has 0 saturated carbocycles. The van der Waals surface area contributed by atoms with E-state index in [9.17, 15) is 0 Å². The minimum Gasteiger partial charge on any atom is -0.367 e. The van der Waals surface area contributed by atoms with Crippen LogP contribution in [0.2, 0.25) is 0 Å². The highest BCUT2D eigenvalue weighted by atomic mass is 15.1. The number of H-pyrrole nitrogens is 1. The molecule has 3 nitrogen and oxygen atoms in total. The van der Waals surface area contributed by atoms with Gasteiger partial charge in [0.15, 0.2) is 0 Å². The molecule has 0 radical (unpaired) electrons. The lowest BCUT2D eigenvalue weighted by atomic mass is 10.2. The number of imidazole rings is 1. The van der Waals surface area contributed by atoms with E-state index >= 15 is 0 Å². The Hall–Kier alpha value is -2.55. The van der Waals surface area contributed by atoms with E-state index < -0.39 is 0 Å². The van der Waals surface area contributed by atoms with Crippen LogP contribution < -0.4 is 4.90 Å². The van der Waals surface area contributed by atoms with Gasteiger partial charge in [-0.1, -0.05) is 48.5 Å². The van der Waals surface area contributed by atoms with Crippen molar-refractivity contribution in [3.05, 3.63) is 84.4 Å². The monoisotopic (exact) mass is 277 g/mol. The highest BCUT2D eigenvalue weighted by molar-refractivity contribution is 5.46. The van der Waals surface area contributed by atoms with Gasteiger partial charge in [-0.2, -0.15) is 0 Å². The third kappa shape index (κ3) is 3.72. The minimum absolute atomic E-state index is 0.908. The van der Waals surface area contributed by atoms with Gasteiger partial charge in [-0.3, -0.25) is 0 Å². The molecule has 1 heterocycles. The Labute approximate surface area is 125 Å². The molecule has 0 atom stereocenters. The van der Waals surface area contributed by atoms with Crippen molar-refractivity contribution in [3.63, 3.8) is 0 Å². The molecular weight excluding hydrogens is 258 g/mol. The Morgan fingerprint density at radius 2 is 1.62 bits per heavy atom. The third-order valence-corrected chi connectivity index (χ3v) is 3.51. The lowest BCUT2D eigenvalue weighted by Gasteiger charge is -2.24. The van der Waals surface area contributed by atoms with Crippen LogP contribution in [0.25, 0.3) is 0 Å². The zero-order valence-electron chi connectivity index (χ0n) is 11.9. The molecule has 1 aromatic heterocycles. The second-order valence-corrected chi connectivity index (χ2v) is 5.03. The van der Waals surface area contributed by atoms with E-state index in [1.165, 1.54) is 11.3 Å². The summed E-state index contributed by atoms with van der Waals surface area (Å²) in [4.78, 5) is 9.86. The summed E-state index contributed by atoms with van der Waals surface area (Å²) in [5.74, 6) is 1.03. The van der Waals surface area contributed by atoms with Gasteiger partial charge in [-0.25, -0.2) is 4.98 Å². The van der Waals surface area contributed by atoms with Crippen molar-refractivity contribution in [3.8, 4) is 0 Å². The van der Waals surface area contributed by atoms with Crippen molar-refractivity contribution in [1.29, 1.82) is 0 Å². The van der Waals surface area contributed by atoms with Gasteiger partial charge in [-0.15, -0.1) is 0 Å². The van der Waals surface area contributed by atoms with Crippen LogP contribution in [0, 0.1) is 0 Å². The molecule has 3 rings (SSSR count). The summed E-state index contributed by atoms with van der Waals surface area (Å²) < 4.78 is 0. The van der Waals surface area contributed by atoms with Gasteiger partial charge in [0.1, 0.15) is 5.82 Å². The molecule has 0 unspecified atom stereocenters. The minimum atomic E-state index is 0.908. The summed E-state index contributed by atoms with van der Waals surface area (Å²) in [7, 11) is 0. The molecule has 0 bridgehead atoms. The van der Waals surface area contributed by atoms with Crippen LogP contribution in [0.15, 0.2) is 73.1 Å². The van der Waals surface area contributed by atoms with Crippen molar-refractivity contribution < 1.29 is 0 Å². The first-order valence-corrected chi connectivity index (χ1v) is 7.24. The molecule has 0 aliphatic rings. The normalized spacial score (nSPS) is 10.5. The van der Waals surface area contributed by atoms with E-state index in [1.807, 2.05) is 6.20 Å². The number of aromatic nitrogens is 2. The number of hydrogen-bond donors (Lipinski definition) is 1. The average molecular weight is 277 g/mol. The van der Waals surface area contributed by atoms with Crippen molar-refractivity contribution >= 4 is 5.69 Å². The summed E-state index contributed by atoms with van der Waals surface area (Å²) in [6, 6.07) is 21.1. The van der Waals surface area contributed by atoms with E-state index in [4.69, 9.17) is 0 Å². The number of benzene rings is 2. The lowest BCUT2D eigenvalue weighted by Crippen LogP contribution is -2.25. The summed E-state index contributed by atoms with van der Waals surface area (Å²) in [5.41, 5.74) is 2.56. The second kappa shape index (κ2) is 6.75. The smallest absolute Gasteiger partial charge is 0.107 e. The summed E-state index contributed by atoms with van der Waals surface area (Å²) in [6.07, 6.45) is 4.59. The molecular formula is C18H19N3. The molecule has 0 amide bonds. The fourth-order valence-corrected chi connectivity index (χ4v) is 2.42. The van der Waals surface area contributed by atoms with Gasteiger partial charge < -0.3 is 9.88 Å². The van der Waals surface area contributed by atoms with Gasteiger partial charge in [0.05, 0.1) is 0 Å². The van der Waals surface area contributed by atoms with E-state index in [-0.39, 0.29) is 0 Å². The van der Waals surface area contributed by atoms with E-state index in [1.54, 1.807) is 6.20 Å². The molecule has 0 aliphatic heterocycles. The number of rotatable bonds is 6. The van der Waals surface area contributed by atoms with Crippen LogP contribution in [0.3, 0.4) is 0 Å². The van der Waals surface area contributed by atoms with Crippen molar-refractivity contribution in [1.82, 2.24) is 9.97 Å². The van der Waals surface area contributed by atoms with Crippen LogP contribution in [0.4, 0.5) is 5.69 Å². The Morgan fingerprint density at radius 3 is 2.29 bits per heavy atom. The van der Waals surface area contributed by atoms with Crippen molar-refractivity contribution in [2.45, 2.75) is 13.0 Å². The number of nitrogens with one attached hydrogen (secondary N) is 1. The van der Waals surface area contributed by atoms with Crippen molar-refractivity contribution in [2.24, 2.45) is 0 Å². The van der Waals surface area contributed by atoms with Crippen molar-refractivity contribution in [2.75, 3.05) is 11.4 Å². The fraction of sp³-hybridized carbons (Fsp3) is 0.167. The average Bonchev–Trinajstić information content (AvgIpc) is 3.07. The molecule has 21 heavy (non-hydrogen) atoms. The molecule has 0 spiro atoms. The molecule has 2 aromatic carbocycles. The lowest BCUT2D eigenvalue weighted by molar-refractivity contribution is 0.761. The van der Waals surface area contributed by atoms with Gasteiger partial charge >= 0.3 is 0 Å². The zero-order valence-corrected chi connectivity index (χ0v) is 11.9. The largest absolute Gasteiger partial charge is 0.367 e. The highest BCUT2D eigenvalue weighted by Gasteiger charge is 2.08. The number of para-hydroxylation sites is 1. The predicted molar refractivity (Wildman–Crippen MR) is 86.2 cm³/mol. The molecule has 1 N–H and O–H groups in total. The molecule has 3 aromatic rings. The summed E-state index contributed by atoms with van der Waals surface area (Å²) >= 11 is 0. The van der Waals surface area contributed by atoms with E-state index in [2.05, 4.69) is 75.5 Å². The number of anilines is 1. The third-order valence-electron chi connectivity index (χ3n) is 3.51. The maximum atomic E-state index is 4.31. The van der Waals surface area contributed by atoms with E-state index in [0.717, 1.165) is 25.3 Å². The van der Waals surface area contributed by atoms with Gasteiger partial charge in [0.25, 0.3) is 0 Å². The maximum Gasteiger partial charge on any atom is 0.107 e. The first-order chi connectivity index (χ1) is 10.4. The van der Waals surface area contributed by atoms with Crippen LogP contribution >= 0.6 is 0 Å². The SMILES string of the molecule is c1ccc(CN(CCc2ncc[nH]2)c2ccccc2)cc1. The molecule has 3 heteroatoms. The highest BCUT2D eigenvalue weighted by Crippen LogP contribution is 2.17. The first-order valence-electron chi connectivity index (χ1n) is 7.24. The summed E-state index contributed by atoms with van der Waals surface area (Å²) in [6.45, 7) is 1.85. The Balaban J connectivity index is 1.74. The first kappa shape index (κ1) is 13.4. The topological polar surface area (TPSA) is 31.9 Å². The van der Waals surface area contributed by atoms with Gasteiger partial charge in [-0.05, 0) is 17.7 Å². The van der Waals surface area contributed by atoms with Crippen LogP contribution in [0.1, 0.15) is 11.4 Å². The fourth-order valence-electron chi connectivity index (χ4n) is 2.42. The number of hydrogen-bond acceptors (Lipinski definition) is 2. The van der Waals surface area contributed by atoms with Crippen LogP contribution in [-0.4, -0.2) is 16.5 Å². The molecule has 106 valence electrons. The Morgan fingerprint density at radius 1 is 0.905 bits per heavy atom. The Bertz CT molecular complexity index is 633. The van der Waals surface area contributed by atoms with Gasteiger partial charge in [0, 0.05) is 37.6 Å². The summed E-state index contributed by atoms with van der Waals surface area (Å²) in [5, 5.41) is 0. The van der Waals surface area contributed by atoms with Crippen LogP contribution in [-0.2, 0) is 13.0 Å². The Kier molecular flexibility index (Phi) is 4.32. The zero-order chi connectivity index (χ0) is 14.3. The van der Waals surface area contributed by atoms with E-state index in [0.29, 0.717) is 0 Å². The predicted octanol–water partition coefficient (Wildman–Crippen LogP) is 3.66. The standard InChI is InChI=1S/C18H19N3/c1-3-7-16(8-4-1)15-21(17-9-5-2-6-10-17)14-11-18-19-12-13-20-18/h1-10,12-13H,11,14-15H2,(H,19,20). The number of aromatic amines is 1. The number of nitrogens with zero attached hydrogens (tertiary/aromatic N) is 2.